The largest absolute Gasteiger partial charge is 0.493 e. The molecule has 1 unspecified atom stereocenters. The van der Waals surface area contributed by atoms with Gasteiger partial charge in [0.15, 0.2) is 5.76 Å². The Morgan fingerprint density at radius 1 is 1.13 bits per heavy atom. The number of para-hydroxylation sites is 1. The van der Waals surface area contributed by atoms with Crippen LogP contribution in [-0.2, 0) is 38.6 Å². The van der Waals surface area contributed by atoms with Crippen LogP contribution in [0.15, 0.2) is 90.4 Å². The van der Waals surface area contributed by atoms with Crippen molar-refractivity contribution < 1.29 is 28.8 Å². The average Bonchev–Trinajstić information content (AvgIpc) is 2.96. The van der Waals surface area contributed by atoms with E-state index >= 15 is 0 Å². The first-order valence-electron chi connectivity index (χ1n) is 12.7. The first kappa shape index (κ1) is 26.2. The Balaban J connectivity index is 1.25. The zero-order valence-corrected chi connectivity index (χ0v) is 21.3. The number of benzene rings is 2. The molecule has 198 valence electrons. The maximum absolute atomic E-state index is 10.8. The summed E-state index contributed by atoms with van der Waals surface area (Å²) in [6.07, 6.45) is 8.44. The van der Waals surface area contributed by atoms with Gasteiger partial charge in [-0.15, -0.1) is 0 Å². The summed E-state index contributed by atoms with van der Waals surface area (Å²) in [5.41, 5.74) is 2.90. The molecule has 2 aliphatic rings. The van der Waals surface area contributed by atoms with Crippen molar-refractivity contribution in [3.05, 3.63) is 107 Å². The molecular weight excluding hydrogens is 496 g/mol. The molecule has 1 atom stereocenters. The van der Waals surface area contributed by atoms with E-state index in [4.69, 9.17) is 34.3 Å². The van der Waals surface area contributed by atoms with Crippen LogP contribution in [0.4, 0.5) is 0 Å². The van der Waals surface area contributed by atoms with E-state index in [1.54, 1.807) is 12.2 Å². The van der Waals surface area contributed by atoms with E-state index in [1.807, 2.05) is 72.8 Å². The van der Waals surface area contributed by atoms with Gasteiger partial charge in [0.2, 0.25) is 0 Å². The quantitative estimate of drug-likeness (QED) is 0.356. The van der Waals surface area contributed by atoms with Crippen LogP contribution in [-0.4, -0.2) is 34.9 Å². The summed E-state index contributed by atoms with van der Waals surface area (Å²) in [5, 5.41) is 19.1. The SMILES string of the molecule is N#CC1=CCc2ccc(COCC3(OCc4ccc5ccccc5n4)C=CC(OCCC(=O)O)=CC3)cc2O1. The molecule has 1 aliphatic carbocycles. The number of nitriles is 1. The number of aromatic nitrogens is 1. The molecule has 0 amide bonds. The zero-order valence-electron chi connectivity index (χ0n) is 21.3. The molecule has 1 N–H and O–H groups in total. The first-order valence-corrected chi connectivity index (χ1v) is 12.7. The summed E-state index contributed by atoms with van der Waals surface area (Å²) in [6.45, 7) is 0.996. The van der Waals surface area contributed by atoms with E-state index in [1.165, 1.54) is 0 Å². The van der Waals surface area contributed by atoms with E-state index in [0.717, 1.165) is 27.7 Å². The van der Waals surface area contributed by atoms with Crippen molar-refractivity contribution >= 4 is 16.9 Å². The van der Waals surface area contributed by atoms with Crippen molar-refractivity contribution in [1.29, 1.82) is 5.26 Å². The third-order valence-electron chi connectivity index (χ3n) is 6.53. The van der Waals surface area contributed by atoms with Gasteiger partial charge < -0.3 is 24.1 Å². The van der Waals surface area contributed by atoms with Gasteiger partial charge in [0.25, 0.3) is 0 Å². The van der Waals surface area contributed by atoms with E-state index in [2.05, 4.69) is 0 Å². The topological polar surface area (TPSA) is 111 Å². The highest BCUT2D eigenvalue weighted by Crippen LogP contribution is 2.30. The minimum Gasteiger partial charge on any atom is -0.493 e. The number of carbonyl (C=O) groups is 1. The van der Waals surface area contributed by atoms with Gasteiger partial charge in [-0.2, -0.15) is 5.26 Å². The van der Waals surface area contributed by atoms with Crippen molar-refractivity contribution in [2.75, 3.05) is 13.2 Å². The van der Waals surface area contributed by atoms with Gasteiger partial charge in [-0.3, -0.25) is 9.78 Å². The van der Waals surface area contributed by atoms with Crippen LogP contribution in [0.5, 0.6) is 5.75 Å². The first-order chi connectivity index (χ1) is 19.0. The maximum Gasteiger partial charge on any atom is 0.306 e. The van der Waals surface area contributed by atoms with Crippen LogP contribution in [0.2, 0.25) is 0 Å². The number of ether oxygens (including phenoxy) is 4. The van der Waals surface area contributed by atoms with Crippen LogP contribution in [0.1, 0.15) is 29.7 Å². The summed E-state index contributed by atoms with van der Waals surface area (Å²) in [6, 6.07) is 19.8. The third-order valence-corrected chi connectivity index (χ3v) is 6.53. The summed E-state index contributed by atoms with van der Waals surface area (Å²) in [4.78, 5) is 15.5. The van der Waals surface area contributed by atoms with Gasteiger partial charge in [0.05, 0.1) is 44.1 Å². The molecule has 0 radical (unpaired) electrons. The van der Waals surface area contributed by atoms with Gasteiger partial charge >= 0.3 is 5.97 Å². The number of hydrogen-bond acceptors (Lipinski definition) is 7. The third kappa shape index (κ3) is 6.71. The zero-order chi connectivity index (χ0) is 27.1. The number of carboxylic acids is 1. The number of aliphatic carboxylic acids is 1. The molecule has 1 aromatic heterocycles. The Kier molecular flexibility index (Phi) is 8.02. The van der Waals surface area contributed by atoms with Crippen molar-refractivity contribution in [3.8, 4) is 11.8 Å². The second kappa shape index (κ2) is 11.9. The lowest BCUT2D eigenvalue weighted by Crippen LogP contribution is -2.37. The van der Waals surface area contributed by atoms with Crippen molar-refractivity contribution in [1.82, 2.24) is 4.98 Å². The van der Waals surface area contributed by atoms with Gasteiger partial charge in [-0.05, 0) is 60.1 Å². The van der Waals surface area contributed by atoms with E-state index in [9.17, 15) is 4.79 Å². The molecule has 2 heterocycles. The van der Waals surface area contributed by atoms with Crippen LogP contribution >= 0.6 is 0 Å². The molecule has 8 heteroatoms. The molecule has 1 aliphatic heterocycles. The molecule has 2 aromatic carbocycles. The number of allylic oxidation sites excluding steroid dienone is 3. The van der Waals surface area contributed by atoms with Crippen molar-refractivity contribution in [2.45, 2.75) is 38.1 Å². The Morgan fingerprint density at radius 3 is 2.85 bits per heavy atom. The lowest BCUT2D eigenvalue weighted by molar-refractivity contribution is -0.137. The molecule has 3 aromatic rings. The fourth-order valence-electron chi connectivity index (χ4n) is 4.39. The number of fused-ring (bicyclic) bond motifs is 2. The van der Waals surface area contributed by atoms with E-state index in [-0.39, 0.29) is 26.2 Å². The minimum absolute atomic E-state index is 0.0697. The van der Waals surface area contributed by atoms with Gasteiger partial charge in [-0.1, -0.05) is 36.4 Å². The van der Waals surface area contributed by atoms with Crippen LogP contribution < -0.4 is 4.74 Å². The minimum atomic E-state index is -0.906. The molecule has 8 nitrogen and oxygen atoms in total. The molecular formula is C31H28N2O6. The smallest absolute Gasteiger partial charge is 0.306 e. The van der Waals surface area contributed by atoms with Gasteiger partial charge in [0.1, 0.15) is 23.2 Å². The standard InChI is InChI=1S/C31H28N2O6/c32-18-27-10-8-24-6-5-22(17-29(24)39-27)19-36-21-31(14-11-26(12-15-31)37-16-13-30(34)35)38-20-25-9-7-23-3-1-2-4-28(23)33-25/h1-7,9-12,14,17H,8,13,15-16,19-21H2,(H,34,35). The fourth-order valence-corrected chi connectivity index (χ4v) is 4.39. The lowest BCUT2D eigenvalue weighted by atomic mass is 9.95. The Morgan fingerprint density at radius 2 is 2.03 bits per heavy atom. The Labute approximate surface area is 226 Å². The van der Waals surface area contributed by atoms with Crippen LogP contribution in [0.25, 0.3) is 10.9 Å². The van der Waals surface area contributed by atoms with Crippen molar-refractivity contribution in [2.24, 2.45) is 0 Å². The molecule has 0 fully saturated rings. The molecule has 0 saturated carbocycles. The van der Waals surface area contributed by atoms with Crippen LogP contribution in [0.3, 0.4) is 0 Å². The van der Waals surface area contributed by atoms with Gasteiger partial charge in [-0.25, -0.2) is 0 Å². The highest BCUT2D eigenvalue weighted by Gasteiger charge is 2.31. The fraction of sp³-hybridized carbons (Fsp3) is 0.258. The number of rotatable bonds is 11. The van der Waals surface area contributed by atoms with Crippen LogP contribution in [0, 0.1) is 11.3 Å². The highest BCUT2D eigenvalue weighted by atomic mass is 16.5. The number of nitrogens with zero attached hydrogens (tertiary/aromatic N) is 2. The maximum atomic E-state index is 10.8. The van der Waals surface area contributed by atoms with E-state index < -0.39 is 11.6 Å². The molecule has 0 spiro atoms. The summed E-state index contributed by atoms with van der Waals surface area (Å²) < 4.78 is 23.8. The predicted octanol–water partition coefficient (Wildman–Crippen LogP) is 5.38. The number of pyridine rings is 1. The lowest BCUT2D eigenvalue weighted by Gasteiger charge is -2.32. The predicted molar refractivity (Wildman–Crippen MR) is 143 cm³/mol. The van der Waals surface area contributed by atoms with E-state index in [0.29, 0.717) is 36.7 Å². The molecule has 0 bridgehead atoms. The van der Waals surface area contributed by atoms with Gasteiger partial charge in [0, 0.05) is 11.8 Å². The molecule has 39 heavy (non-hydrogen) atoms. The second-order valence-corrected chi connectivity index (χ2v) is 9.41. The second-order valence-electron chi connectivity index (χ2n) is 9.41. The Bertz CT molecular complexity index is 1500. The summed E-state index contributed by atoms with van der Waals surface area (Å²) >= 11 is 0. The monoisotopic (exact) mass is 524 g/mol. The molecule has 5 rings (SSSR count). The normalized spacial score (nSPS) is 17.9. The molecule has 0 saturated heterocycles. The summed E-state index contributed by atoms with van der Waals surface area (Å²) in [5.74, 6) is 0.673. The Hall–Kier alpha value is -4.45. The highest BCUT2D eigenvalue weighted by molar-refractivity contribution is 5.78. The number of hydrogen-bond donors (Lipinski definition) is 1. The summed E-state index contributed by atoms with van der Waals surface area (Å²) in [7, 11) is 0. The average molecular weight is 525 g/mol. The number of carboxylic acid groups (broad SMARTS) is 1. The van der Waals surface area contributed by atoms with Crippen molar-refractivity contribution in [3.63, 3.8) is 0 Å².